The van der Waals surface area contributed by atoms with E-state index < -0.39 is 15.4 Å². The van der Waals surface area contributed by atoms with E-state index in [0.29, 0.717) is 24.1 Å². The van der Waals surface area contributed by atoms with Gasteiger partial charge in [-0.1, -0.05) is 13.8 Å². The molecular formula is C12H23NO3S2. The van der Waals surface area contributed by atoms with Crippen molar-refractivity contribution in [1.29, 1.82) is 0 Å². The average molecular weight is 293 g/mol. The molecule has 6 heteroatoms. The fourth-order valence-corrected chi connectivity index (χ4v) is 4.47. The van der Waals surface area contributed by atoms with E-state index in [-0.39, 0.29) is 11.5 Å². The summed E-state index contributed by atoms with van der Waals surface area (Å²) in [6.07, 6.45) is 2.66. The van der Waals surface area contributed by atoms with E-state index in [2.05, 4.69) is 19.2 Å². The van der Waals surface area contributed by atoms with Crippen molar-refractivity contribution in [3.8, 4) is 0 Å². The van der Waals surface area contributed by atoms with Crippen molar-refractivity contribution in [2.45, 2.75) is 45.6 Å². The Hall–Kier alpha value is -0.360. The molecule has 0 unspecified atom stereocenters. The van der Waals surface area contributed by atoms with Crippen LogP contribution >= 0.6 is 12.2 Å². The Labute approximate surface area is 115 Å². The molecule has 1 aliphatic heterocycles. The van der Waals surface area contributed by atoms with Crippen LogP contribution in [0.1, 0.15) is 40.0 Å². The van der Waals surface area contributed by atoms with Gasteiger partial charge in [0.25, 0.3) is 5.17 Å². The van der Waals surface area contributed by atoms with Gasteiger partial charge in [0.2, 0.25) is 0 Å². The van der Waals surface area contributed by atoms with E-state index in [9.17, 15) is 8.42 Å². The summed E-state index contributed by atoms with van der Waals surface area (Å²) in [4.78, 5) is 0. The number of sulfone groups is 1. The highest BCUT2D eigenvalue weighted by Crippen LogP contribution is 2.22. The standard InChI is InChI=1S/C12H23NO3S2/c1-10(2)5-4-7-16-11(17)13-12(3)6-8-18(14,15)9-12/h10H,4-9H2,1-3H3,(H,13,17)/t12-/m1/s1. The molecule has 4 nitrogen and oxygen atoms in total. The summed E-state index contributed by atoms with van der Waals surface area (Å²) in [5.74, 6) is 1.02. The molecule has 0 spiro atoms. The SMILES string of the molecule is CC(C)CCCOC(=S)N[C@]1(C)CCS(=O)(=O)C1. The third-order valence-corrected chi connectivity index (χ3v) is 5.19. The van der Waals surface area contributed by atoms with Gasteiger partial charge in [0.05, 0.1) is 23.7 Å². The average Bonchev–Trinajstić information content (AvgIpc) is 2.47. The van der Waals surface area contributed by atoms with Crippen molar-refractivity contribution in [2.24, 2.45) is 5.92 Å². The molecular weight excluding hydrogens is 270 g/mol. The van der Waals surface area contributed by atoms with Crippen LogP contribution in [0.5, 0.6) is 0 Å². The first kappa shape index (κ1) is 15.7. The normalized spacial score (nSPS) is 26.2. The van der Waals surface area contributed by atoms with Gasteiger partial charge in [-0.25, -0.2) is 8.42 Å². The van der Waals surface area contributed by atoms with Crippen LogP contribution < -0.4 is 5.32 Å². The molecule has 1 N–H and O–H groups in total. The maximum atomic E-state index is 11.4. The summed E-state index contributed by atoms with van der Waals surface area (Å²) >= 11 is 5.09. The zero-order valence-electron chi connectivity index (χ0n) is 11.4. The minimum absolute atomic E-state index is 0.134. The topological polar surface area (TPSA) is 55.4 Å². The van der Waals surface area contributed by atoms with E-state index in [4.69, 9.17) is 17.0 Å². The Bertz CT molecular complexity index is 392. The molecule has 1 saturated heterocycles. The molecule has 106 valence electrons. The molecule has 1 atom stereocenters. The van der Waals surface area contributed by atoms with Crippen molar-refractivity contribution in [3.05, 3.63) is 0 Å². The summed E-state index contributed by atoms with van der Waals surface area (Å²) < 4.78 is 28.3. The molecule has 0 saturated carbocycles. The predicted octanol–water partition coefficient (Wildman–Crippen LogP) is 1.89. The molecule has 0 aromatic heterocycles. The van der Waals surface area contributed by atoms with Gasteiger partial charge in [0.1, 0.15) is 0 Å². The molecule has 1 aliphatic rings. The summed E-state index contributed by atoms with van der Waals surface area (Å²) in [5, 5.41) is 3.35. The Morgan fingerprint density at radius 1 is 1.50 bits per heavy atom. The van der Waals surface area contributed by atoms with Gasteiger partial charge in [-0.15, -0.1) is 0 Å². The van der Waals surface area contributed by atoms with Gasteiger partial charge >= 0.3 is 0 Å². The summed E-state index contributed by atoms with van der Waals surface area (Å²) in [7, 11) is -2.91. The van der Waals surface area contributed by atoms with Crippen molar-refractivity contribution < 1.29 is 13.2 Å². The number of nitrogens with one attached hydrogen (secondary N) is 1. The van der Waals surface area contributed by atoms with Crippen LogP contribution in [-0.4, -0.2) is 37.2 Å². The van der Waals surface area contributed by atoms with E-state index in [1.54, 1.807) is 0 Å². The van der Waals surface area contributed by atoms with Gasteiger partial charge in [-0.3, -0.25) is 0 Å². The fourth-order valence-electron chi connectivity index (χ4n) is 2.05. The van der Waals surface area contributed by atoms with Crippen LogP contribution in [0.4, 0.5) is 0 Å². The lowest BCUT2D eigenvalue weighted by molar-refractivity contribution is 0.267. The Morgan fingerprint density at radius 2 is 2.17 bits per heavy atom. The van der Waals surface area contributed by atoms with Gasteiger partial charge < -0.3 is 10.1 Å². The minimum atomic E-state index is -2.91. The first-order valence-corrected chi connectivity index (χ1v) is 8.61. The van der Waals surface area contributed by atoms with Gasteiger partial charge in [0.15, 0.2) is 9.84 Å². The second-order valence-corrected chi connectivity index (χ2v) is 8.25. The molecule has 1 rings (SSSR count). The van der Waals surface area contributed by atoms with Crippen LogP contribution in [0.15, 0.2) is 0 Å². The lowest BCUT2D eigenvalue weighted by Crippen LogP contribution is -2.47. The monoisotopic (exact) mass is 293 g/mol. The molecule has 18 heavy (non-hydrogen) atoms. The number of hydrogen-bond donors (Lipinski definition) is 1. The molecule has 0 radical (unpaired) electrons. The van der Waals surface area contributed by atoms with Crippen molar-refractivity contribution in [1.82, 2.24) is 5.32 Å². The molecule has 0 aromatic carbocycles. The Morgan fingerprint density at radius 3 is 2.67 bits per heavy atom. The second-order valence-electron chi connectivity index (χ2n) is 5.70. The number of ether oxygens (including phenoxy) is 1. The quantitative estimate of drug-likeness (QED) is 0.620. The van der Waals surface area contributed by atoms with Crippen molar-refractivity contribution >= 4 is 27.2 Å². The highest BCUT2D eigenvalue weighted by molar-refractivity contribution is 7.91. The molecule has 0 aromatic rings. The van der Waals surface area contributed by atoms with Crippen LogP contribution in [0.25, 0.3) is 0 Å². The molecule has 1 heterocycles. The predicted molar refractivity (Wildman–Crippen MR) is 77.4 cm³/mol. The van der Waals surface area contributed by atoms with Crippen LogP contribution in [0.2, 0.25) is 0 Å². The molecule has 0 aliphatic carbocycles. The van der Waals surface area contributed by atoms with Crippen LogP contribution in [0.3, 0.4) is 0 Å². The third kappa shape index (κ3) is 5.52. The van der Waals surface area contributed by atoms with Crippen molar-refractivity contribution in [3.63, 3.8) is 0 Å². The smallest absolute Gasteiger partial charge is 0.257 e. The molecule has 1 fully saturated rings. The van der Waals surface area contributed by atoms with E-state index >= 15 is 0 Å². The Kier molecular flexibility index (Phi) is 5.40. The Balaban J connectivity index is 2.28. The minimum Gasteiger partial charge on any atom is -0.471 e. The zero-order valence-corrected chi connectivity index (χ0v) is 13.0. The highest BCUT2D eigenvalue weighted by Gasteiger charge is 2.39. The fraction of sp³-hybridized carbons (Fsp3) is 0.917. The van der Waals surface area contributed by atoms with E-state index in [1.165, 1.54) is 0 Å². The lowest BCUT2D eigenvalue weighted by Gasteiger charge is -2.25. The highest BCUT2D eigenvalue weighted by atomic mass is 32.2. The number of rotatable bonds is 5. The summed E-state index contributed by atoms with van der Waals surface area (Å²) in [6.45, 7) is 6.80. The molecule has 0 bridgehead atoms. The first-order valence-electron chi connectivity index (χ1n) is 6.38. The zero-order chi connectivity index (χ0) is 13.8. The summed E-state index contributed by atoms with van der Waals surface area (Å²) in [5.41, 5.74) is -0.464. The second kappa shape index (κ2) is 6.19. The lowest BCUT2D eigenvalue weighted by atomic mass is 10.0. The van der Waals surface area contributed by atoms with Gasteiger partial charge in [-0.2, -0.15) is 0 Å². The maximum absolute atomic E-state index is 11.4. The van der Waals surface area contributed by atoms with Crippen LogP contribution in [-0.2, 0) is 14.6 Å². The molecule has 0 amide bonds. The number of thiocarbonyl (C=S) groups is 1. The van der Waals surface area contributed by atoms with Gasteiger partial charge in [-0.05, 0) is 44.3 Å². The summed E-state index contributed by atoms with van der Waals surface area (Å²) in [6, 6.07) is 0. The first-order chi connectivity index (χ1) is 8.22. The number of hydrogen-bond acceptors (Lipinski definition) is 4. The van der Waals surface area contributed by atoms with E-state index in [0.717, 1.165) is 12.8 Å². The van der Waals surface area contributed by atoms with Gasteiger partial charge in [0, 0.05) is 0 Å². The maximum Gasteiger partial charge on any atom is 0.257 e. The van der Waals surface area contributed by atoms with E-state index in [1.807, 2.05) is 6.92 Å². The van der Waals surface area contributed by atoms with Crippen molar-refractivity contribution in [2.75, 3.05) is 18.1 Å². The largest absolute Gasteiger partial charge is 0.471 e. The van der Waals surface area contributed by atoms with Crippen LogP contribution in [0, 0.1) is 5.92 Å². The third-order valence-electron chi connectivity index (χ3n) is 3.07.